The van der Waals surface area contributed by atoms with Crippen LogP contribution in [0.1, 0.15) is 0 Å². The summed E-state index contributed by atoms with van der Waals surface area (Å²) in [4.78, 5) is 4.49. The number of nitrogens with one attached hydrogen (secondary N) is 1. The molecule has 24 heavy (non-hydrogen) atoms. The minimum absolute atomic E-state index is 0.371. The van der Waals surface area contributed by atoms with Crippen molar-refractivity contribution in [2.45, 2.75) is 0 Å². The van der Waals surface area contributed by atoms with E-state index in [4.69, 9.17) is 4.74 Å². The lowest BCUT2D eigenvalue weighted by atomic mass is 10.0. The fraction of sp³-hybridized carbons (Fsp3) is 0.0556. The number of nitrogens with zero attached hydrogens (tertiary/aromatic N) is 1. The summed E-state index contributed by atoms with van der Waals surface area (Å²) in [7, 11) is -3.48. The number of benzene rings is 2. The zero-order valence-electron chi connectivity index (χ0n) is 12.6. The third-order valence-corrected chi connectivity index (χ3v) is 4.74. The van der Waals surface area contributed by atoms with Gasteiger partial charge in [-0.1, -0.05) is 48.5 Å². The Bertz CT molecular complexity index is 985. The Hall–Kier alpha value is -2.86. The topological polar surface area (TPSA) is 68.3 Å². The van der Waals surface area contributed by atoms with Gasteiger partial charge >= 0.3 is 0 Å². The summed E-state index contributed by atoms with van der Waals surface area (Å²) in [5.74, 6) is 0.139. The molecule has 0 aliphatic carbocycles. The van der Waals surface area contributed by atoms with Crippen molar-refractivity contribution < 1.29 is 13.2 Å². The van der Waals surface area contributed by atoms with Gasteiger partial charge in [0.15, 0.2) is 0 Å². The molecule has 2 aromatic carbocycles. The molecule has 1 aliphatic rings. The van der Waals surface area contributed by atoms with Crippen LogP contribution in [0.2, 0.25) is 0 Å². The van der Waals surface area contributed by atoms with Crippen LogP contribution in [0.15, 0.2) is 66.9 Å². The van der Waals surface area contributed by atoms with Crippen LogP contribution in [0.3, 0.4) is 0 Å². The van der Waals surface area contributed by atoms with Gasteiger partial charge < -0.3 is 4.74 Å². The van der Waals surface area contributed by atoms with Crippen molar-refractivity contribution in [3.05, 3.63) is 66.9 Å². The number of rotatable bonds is 2. The van der Waals surface area contributed by atoms with Gasteiger partial charge in [0.25, 0.3) is 10.0 Å². The van der Waals surface area contributed by atoms with Crippen LogP contribution in [0, 0.1) is 0 Å². The Labute approximate surface area is 140 Å². The molecule has 2 heterocycles. The summed E-state index contributed by atoms with van der Waals surface area (Å²) in [6.07, 6.45) is 1.78. The summed E-state index contributed by atoms with van der Waals surface area (Å²) < 4.78 is 31.4. The number of fused-ring (bicyclic) bond motifs is 1. The van der Waals surface area contributed by atoms with Crippen molar-refractivity contribution in [2.24, 2.45) is 0 Å². The fourth-order valence-electron chi connectivity index (χ4n) is 2.65. The van der Waals surface area contributed by atoms with E-state index < -0.39 is 10.0 Å². The first-order valence-electron chi connectivity index (χ1n) is 7.40. The Morgan fingerprint density at radius 1 is 0.917 bits per heavy atom. The molecule has 1 N–H and O–H groups in total. The van der Waals surface area contributed by atoms with Gasteiger partial charge in [0, 0.05) is 17.3 Å². The maximum atomic E-state index is 11.8. The van der Waals surface area contributed by atoms with Crippen LogP contribution in [0.5, 0.6) is 5.75 Å². The van der Waals surface area contributed by atoms with Crippen LogP contribution in [0.4, 0.5) is 5.69 Å². The first-order chi connectivity index (χ1) is 11.6. The van der Waals surface area contributed by atoms with Gasteiger partial charge in [0.05, 0.1) is 5.69 Å². The normalized spacial score (nSPS) is 15.0. The molecule has 0 spiro atoms. The Kier molecular flexibility index (Phi) is 3.46. The second-order valence-corrected chi connectivity index (χ2v) is 7.13. The molecule has 0 bridgehead atoms. The monoisotopic (exact) mass is 338 g/mol. The molecule has 0 saturated heterocycles. The summed E-state index contributed by atoms with van der Waals surface area (Å²) >= 11 is 0. The largest absolute Gasteiger partial charge is 0.474 e. The molecule has 5 nitrogen and oxygen atoms in total. The number of anilines is 1. The van der Waals surface area contributed by atoms with E-state index in [1.54, 1.807) is 12.3 Å². The molecular weight excluding hydrogens is 324 g/mol. The molecule has 1 aliphatic heterocycles. The molecule has 3 aromatic rings. The van der Waals surface area contributed by atoms with E-state index in [1.165, 1.54) is 0 Å². The van der Waals surface area contributed by atoms with Gasteiger partial charge in [-0.2, -0.15) is 0 Å². The Morgan fingerprint density at radius 3 is 2.50 bits per heavy atom. The Balaban J connectivity index is 1.75. The molecule has 6 heteroatoms. The third kappa shape index (κ3) is 2.72. The van der Waals surface area contributed by atoms with E-state index in [2.05, 4.69) is 9.71 Å². The van der Waals surface area contributed by atoms with E-state index >= 15 is 0 Å². The van der Waals surface area contributed by atoms with Crippen molar-refractivity contribution in [1.82, 2.24) is 4.98 Å². The molecule has 0 unspecified atom stereocenters. The van der Waals surface area contributed by atoms with E-state index in [1.807, 2.05) is 54.6 Å². The maximum absolute atomic E-state index is 11.8. The minimum atomic E-state index is -3.48. The van der Waals surface area contributed by atoms with Crippen LogP contribution < -0.4 is 9.46 Å². The van der Waals surface area contributed by atoms with Gasteiger partial charge in [-0.3, -0.25) is 9.71 Å². The second kappa shape index (κ2) is 5.65. The highest BCUT2D eigenvalue weighted by molar-refractivity contribution is 7.92. The molecule has 0 saturated carbocycles. The predicted octanol–water partition coefficient (Wildman–Crippen LogP) is 3.51. The lowest BCUT2D eigenvalue weighted by Gasteiger charge is -2.21. The molecule has 120 valence electrons. The highest BCUT2D eigenvalue weighted by Gasteiger charge is 2.24. The smallest absolute Gasteiger partial charge is 0.268 e. The molecule has 0 fully saturated rings. The van der Waals surface area contributed by atoms with Crippen molar-refractivity contribution in [3.63, 3.8) is 0 Å². The molecule has 0 atom stereocenters. The SMILES string of the molecule is O=S1(=O)COc2cccc(-c3ccc(-c4ccccc4)cn3)c2N1. The van der Waals surface area contributed by atoms with Crippen LogP contribution in [-0.4, -0.2) is 19.3 Å². The standard InChI is InChI=1S/C18H14N2O3S/c21-24(22)12-23-17-8-4-7-15(18(17)20-24)16-10-9-14(11-19-16)13-5-2-1-3-6-13/h1-11,20H,12H2. The van der Waals surface area contributed by atoms with Gasteiger partial charge in [-0.05, 0) is 17.7 Å². The van der Waals surface area contributed by atoms with Crippen molar-refractivity contribution in [3.8, 4) is 28.1 Å². The van der Waals surface area contributed by atoms with E-state index in [-0.39, 0.29) is 5.94 Å². The quantitative estimate of drug-likeness (QED) is 0.776. The number of para-hydroxylation sites is 1. The predicted molar refractivity (Wildman–Crippen MR) is 93.1 cm³/mol. The van der Waals surface area contributed by atoms with E-state index in [9.17, 15) is 8.42 Å². The summed E-state index contributed by atoms with van der Waals surface area (Å²) in [6, 6.07) is 19.2. The van der Waals surface area contributed by atoms with Crippen LogP contribution in [0.25, 0.3) is 22.4 Å². The van der Waals surface area contributed by atoms with Crippen molar-refractivity contribution in [2.75, 3.05) is 10.7 Å². The highest BCUT2D eigenvalue weighted by atomic mass is 32.2. The van der Waals surface area contributed by atoms with Crippen molar-refractivity contribution in [1.29, 1.82) is 0 Å². The molecule has 0 radical (unpaired) electrons. The number of sulfonamides is 1. The zero-order valence-corrected chi connectivity index (χ0v) is 13.5. The van der Waals surface area contributed by atoms with E-state index in [0.717, 1.165) is 11.1 Å². The summed E-state index contributed by atoms with van der Waals surface area (Å²) in [5.41, 5.74) is 3.88. The highest BCUT2D eigenvalue weighted by Crippen LogP contribution is 2.38. The van der Waals surface area contributed by atoms with Gasteiger partial charge in [0.1, 0.15) is 11.4 Å². The van der Waals surface area contributed by atoms with Gasteiger partial charge in [0.2, 0.25) is 5.94 Å². The van der Waals surface area contributed by atoms with E-state index in [0.29, 0.717) is 22.7 Å². The van der Waals surface area contributed by atoms with Gasteiger partial charge in [-0.25, -0.2) is 8.42 Å². The lowest BCUT2D eigenvalue weighted by Crippen LogP contribution is -2.25. The summed E-state index contributed by atoms with van der Waals surface area (Å²) in [6.45, 7) is 0. The molecule has 0 amide bonds. The first kappa shape index (κ1) is 14.7. The number of hydrogen-bond donors (Lipinski definition) is 1. The first-order valence-corrected chi connectivity index (χ1v) is 9.06. The maximum Gasteiger partial charge on any atom is 0.268 e. The lowest BCUT2D eigenvalue weighted by molar-refractivity contribution is 0.374. The second-order valence-electron chi connectivity index (χ2n) is 5.46. The summed E-state index contributed by atoms with van der Waals surface area (Å²) in [5, 5.41) is 0. The molecular formula is C18H14N2O3S. The number of aromatic nitrogens is 1. The zero-order chi connectivity index (χ0) is 16.6. The average Bonchev–Trinajstić information content (AvgIpc) is 2.61. The number of pyridine rings is 1. The third-order valence-electron chi connectivity index (χ3n) is 3.80. The van der Waals surface area contributed by atoms with Crippen LogP contribution in [-0.2, 0) is 10.0 Å². The molecule has 4 rings (SSSR count). The fourth-order valence-corrected chi connectivity index (χ4v) is 3.51. The average molecular weight is 338 g/mol. The van der Waals surface area contributed by atoms with Crippen LogP contribution >= 0.6 is 0 Å². The number of hydrogen-bond acceptors (Lipinski definition) is 4. The molecule has 1 aromatic heterocycles. The Morgan fingerprint density at radius 2 is 1.75 bits per heavy atom. The van der Waals surface area contributed by atoms with Crippen molar-refractivity contribution >= 4 is 15.7 Å². The van der Waals surface area contributed by atoms with Gasteiger partial charge in [-0.15, -0.1) is 0 Å². The number of ether oxygens (including phenoxy) is 1. The minimum Gasteiger partial charge on any atom is -0.474 e.